The number of carbonyl (C=O) groups excluding carboxylic acids is 1. The van der Waals surface area contributed by atoms with E-state index in [0.29, 0.717) is 18.0 Å². The number of para-hydroxylation sites is 1. The average Bonchev–Trinajstić information content (AvgIpc) is 3.10. The highest BCUT2D eigenvalue weighted by Crippen LogP contribution is 2.39. The number of aryl methyl sites for hydroxylation is 1. The fourth-order valence-corrected chi connectivity index (χ4v) is 3.48. The van der Waals surface area contributed by atoms with Crippen molar-refractivity contribution >= 4 is 5.91 Å². The van der Waals surface area contributed by atoms with Crippen molar-refractivity contribution in [2.24, 2.45) is 0 Å². The van der Waals surface area contributed by atoms with E-state index in [0.717, 1.165) is 30.6 Å². The lowest BCUT2D eigenvalue weighted by Gasteiger charge is -2.41. The Hall–Kier alpha value is -2.30. The SMILES string of the molecule is CCc1nc(C(=O)N2[C@H](C)CCC[C@@H]2c2ccccc2OC)co1. The van der Waals surface area contributed by atoms with Crippen molar-refractivity contribution in [1.82, 2.24) is 9.88 Å². The fourth-order valence-electron chi connectivity index (χ4n) is 3.48. The molecule has 1 aromatic carbocycles. The lowest BCUT2D eigenvalue weighted by atomic mass is 9.90. The molecule has 0 saturated carbocycles. The maximum Gasteiger partial charge on any atom is 0.276 e. The molecule has 5 heteroatoms. The van der Waals surface area contributed by atoms with Gasteiger partial charge >= 0.3 is 0 Å². The van der Waals surface area contributed by atoms with E-state index in [2.05, 4.69) is 11.9 Å². The van der Waals surface area contributed by atoms with Gasteiger partial charge in [0, 0.05) is 18.0 Å². The minimum atomic E-state index is -0.0680. The molecule has 2 aromatic rings. The summed E-state index contributed by atoms with van der Waals surface area (Å²) in [4.78, 5) is 19.3. The monoisotopic (exact) mass is 328 g/mol. The summed E-state index contributed by atoms with van der Waals surface area (Å²) in [5.41, 5.74) is 1.44. The van der Waals surface area contributed by atoms with Crippen LogP contribution in [0.15, 0.2) is 34.9 Å². The van der Waals surface area contributed by atoms with Gasteiger partial charge in [0.25, 0.3) is 5.91 Å². The number of hydrogen-bond acceptors (Lipinski definition) is 4. The summed E-state index contributed by atoms with van der Waals surface area (Å²) in [7, 11) is 1.67. The Morgan fingerprint density at radius 3 is 2.88 bits per heavy atom. The van der Waals surface area contributed by atoms with Crippen LogP contribution in [0.1, 0.15) is 61.1 Å². The number of amides is 1. The highest BCUT2D eigenvalue weighted by Gasteiger charge is 2.35. The van der Waals surface area contributed by atoms with Crippen molar-refractivity contribution < 1.29 is 13.9 Å². The minimum Gasteiger partial charge on any atom is -0.496 e. The van der Waals surface area contributed by atoms with Crippen molar-refractivity contribution in [3.8, 4) is 5.75 Å². The third-order valence-corrected chi connectivity index (χ3v) is 4.72. The van der Waals surface area contributed by atoms with Gasteiger partial charge in [-0.2, -0.15) is 0 Å². The van der Waals surface area contributed by atoms with Crippen LogP contribution in [0.2, 0.25) is 0 Å². The zero-order valence-electron chi connectivity index (χ0n) is 14.5. The molecule has 0 radical (unpaired) electrons. The third kappa shape index (κ3) is 3.03. The Bertz CT molecular complexity index is 710. The number of carbonyl (C=O) groups is 1. The molecule has 0 aliphatic carbocycles. The molecule has 0 spiro atoms. The number of methoxy groups -OCH3 is 1. The van der Waals surface area contributed by atoms with Gasteiger partial charge in [-0.25, -0.2) is 4.98 Å². The average molecular weight is 328 g/mol. The molecule has 0 unspecified atom stereocenters. The second kappa shape index (κ2) is 7.07. The van der Waals surface area contributed by atoms with Gasteiger partial charge in [0.1, 0.15) is 12.0 Å². The molecule has 3 rings (SSSR count). The molecule has 1 aliphatic heterocycles. The Labute approximate surface area is 142 Å². The summed E-state index contributed by atoms with van der Waals surface area (Å²) < 4.78 is 10.9. The molecule has 24 heavy (non-hydrogen) atoms. The van der Waals surface area contributed by atoms with Crippen molar-refractivity contribution in [2.45, 2.75) is 51.6 Å². The quantitative estimate of drug-likeness (QED) is 0.851. The largest absolute Gasteiger partial charge is 0.496 e. The summed E-state index contributed by atoms with van der Waals surface area (Å²) >= 11 is 0. The number of oxazole rings is 1. The zero-order chi connectivity index (χ0) is 17.1. The molecule has 2 heterocycles. The molecule has 0 N–H and O–H groups in total. The van der Waals surface area contributed by atoms with Crippen LogP contribution in [0.3, 0.4) is 0 Å². The minimum absolute atomic E-state index is 0.000762. The number of piperidine rings is 1. The molecular weight excluding hydrogens is 304 g/mol. The van der Waals surface area contributed by atoms with Crippen LogP contribution in [0.25, 0.3) is 0 Å². The van der Waals surface area contributed by atoms with Crippen molar-refractivity contribution in [1.29, 1.82) is 0 Å². The van der Waals surface area contributed by atoms with E-state index < -0.39 is 0 Å². The number of aromatic nitrogens is 1. The van der Waals surface area contributed by atoms with E-state index in [1.165, 1.54) is 6.26 Å². The van der Waals surface area contributed by atoms with E-state index in [1.807, 2.05) is 36.1 Å². The number of nitrogens with zero attached hydrogens (tertiary/aromatic N) is 2. The number of rotatable bonds is 4. The Kier molecular flexibility index (Phi) is 4.88. The summed E-state index contributed by atoms with van der Waals surface area (Å²) in [5.74, 6) is 1.35. The van der Waals surface area contributed by atoms with Crippen LogP contribution in [0.4, 0.5) is 0 Å². The summed E-state index contributed by atoms with van der Waals surface area (Å²) in [5, 5.41) is 0. The first-order valence-corrected chi connectivity index (χ1v) is 8.55. The van der Waals surface area contributed by atoms with Crippen LogP contribution < -0.4 is 4.74 Å². The van der Waals surface area contributed by atoms with Gasteiger partial charge in [-0.15, -0.1) is 0 Å². The van der Waals surface area contributed by atoms with Gasteiger partial charge in [-0.05, 0) is 32.3 Å². The van der Waals surface area contributed by atoms with Gasteiger partial charge in [-0.3, -0.25) is 4.79 Å². The molecule has 5 nitrogen and oxygen atoms in total. The molecule has 2 atom stereocenters. The summed E-state index contributed by atoms with van der Waals surface area (Å²) in [6.07, 6.45) is 5.16. The molecule has 1 aromatic heterocycles. The maximum absolute atomic E-state index is 13.1. The number of hydrogen-bond donors (Lipinski definition) is 0. The van der Waals surface area contributed by atoms with Crippen molar-refractivity contribution in [3.05, 3.63) is 47.7 Å². The number of ether oxygens (including phenoxy) is 1. The first-order chi connectivity index (χ1) is 11.7. The number of likely N-dealkylation sites (tertiary alicyclic amines) is 1. The molecule has 1 fully saturated rings. The van der Waals surface area contributed by atoms with Gasteiger partial charge < -0.3 is 14.1 Å². The molecule has 0 bridgehead atoms. The molecule has 1 saturated heterocycles. The topological polar surface area (TPSA) is 55.6 Å². The predicted octanol–water partition coefficient (Wildman–Crippen LogP) is 4.00. The van der Waals surface area contributed by atoms with E-state index >= 15 is 0 Å². The second-order valence-corrected chi connectivity index (χ2v) is 6.23. The fraction of sp³-hybridized carbons (Fsp3) is 0.474. The third-order valence-electron chi connectivity index (χ3n) is 4.72. The molecule has 128 valence electrons. The lowest BCUT2D eigenvalue weighted by Crippen LogP contribution is -2.44. The van der Waals surface area contributed by atoms with Gasteiger partial charge in [0.15, 0.2) is 11.6 Å². The Balaban J connectivity index is 1.96. The predicted molar refractivity (Wildman–Crippen MR) is 91.1 cm³/mol. The summed E-state index contributed by atoms with van der Waals surface area (Å²) in [6, 6.07) is 8.09. The summed E-state index contributed by atoms with van der Waals surface area (Å²) in [6.45, 7) is 4.06. The maximum atomic E-state index is 13.1. The van der Waals surface area contributed by atoms with Gasteiger partial charge in [-0.1, -0.05) is 25.1 Å². The van der Waals surface area contributed by atoms with E-state index in [9.17, 15) is 4.79 Å². The van der Waals surface area contributed by atoms with E-state index in [-0.39, 0.29) is 18.0 Å². The highest BCUT2D eigenvalue weighted by atomic mass is 16.5. The van der Waals surface area contributed by atoms with Crippen LogP contribution in [-0.2, 0) is 6.42 Å². The second-order valence-electron chi connectivity index (χ2n) is 6.23. The van der Waals surface area contributed by atoms with Crippen LogP contribution in [-0.4, -0.2) is 28.9 Å². The Morgan fingerprint density at radius 2 is 2.17 bits per heavy atom. The molecule has 1 aliphatic rings. The smallest absolute Gasteiger partial charge is 0.276 e. The normalized spacial score (nSPS) is 20.9. The van der Waals surface area contributed by atoms with Crippen LogP contribution >= 0.6 is 0 Å². The first kappa shape index (κ1) is 16.6. The molecular formula is C19H24N2O3. The number of benzene rings is 1. The van der Waals surface area contributed by atoms with Gasteiger partial charge in [0.05, 0.1) is 13.2 Å². The standard InChI is InChI=1S/C19H24N2O3/c1-4-18-20-15(12-24-18)19(22)21-13(2)8-7-10-16(21)14-9-5-6-11-17(14)23-3/h5-6,9,11-13,16H,4,7-8,10H2,1-3H3/t13-,16-/m1/s1. The van der Waals surface area contributed by atoms with Crippen LogP contribution in [0, 0.1) is 0 Å². The van der Waals surface area contributed by atoms with E-state index in [1.54, 1.807) is 7.11 Å². The van der Waals surface area contributed by atoms with Crippen LogP contribution in [0.5, 0.6) is 5.75 Å². The van der Waals surface area contributed by atoms with Crippen molar-refractivity contribution in [2.75, 3.05) is 7.11 Å². The first-order valence-electron chi connectivity index (χ1n) is 8.55. The molecule has 1 amide bonds. The Morgan fingerprint density at radius 1 is 1.38 bits per heavy atom. The highest BCUT2D eigenvalue weighted by molar-refractivity contribution is 5.92. The zero-order valence-corrected chi connectivity index (χ0v) is 14.5. The van der Waals surface area contributed by atoms with Crippen molar-refractivity contribution in [3.63, 3.8) is 0 Å². The van der Waals surface area contributed by atoms with Gasteiger partial charge in [0.2, 0.25) is 0 Å². The lowest BCUT2D eigenvalue weighted by molar-refractivity contribution is 0.0467. The van der Waals surface area contributed by atoms with E-state index in [4.69, 9.17) is 9.15 Å².